The highest BCUT2D eigenvalue weighted by atomic mass is 79.9. The van der Waals surface area contributed by atoms with E-state index in [0.717, 1.165) is 0 Å². The van der Waals surface area contributed by atoms with Gasteiger partial charge in [-0.2, -0.15) is 0 Å². The molecule has 12 heteroatoms. The smallest absolute Gasteiger partial charge is 0.330 e. The number of H-pyrrole nitrogens is 1. The van der Waals surface area contributed by atoms with Crippen LogP contribution in [0.1, 0.15) is 20.1 Å². The van der Waals surface area contributed by atoms with Gasteiger partial charge in [-0.1, -0.05) is 15.9 Å². The van der Waals surface area contributed by atoms with Crippen LogP contribution in [0.2, 0.25) is 39.3 Å². The average Bonchev–Trinajstić information content (AvgIpc) is 2.86. The van der Waals surface area contributed by atoms with Gasteiger partial charge in [-0.3, -0.25) is 19.1 Å². The maximum absolute atomic E-state index is 12.5. The number of alkyl halides is 1. The predicted octanol–water partition coefficient (Wildman–Crippen LogP) is 2.59. The fourth-order valence-electron chi connectivity index (χ4n) is 3.11. The summed E-state index contributed by atoms with van der Waals surface area (Å²) in [5.41, 5.74) is -1.10. The molecule has 176 valence electrons. The second-order valence-electron chi connectivity index (χ2n) is 10.0. The first-order chi connectivity index (χ1) is 14.0. The summed E-state index contributed by atoms with van der Waals surface area (Å²) in [5, 5.41) is 0. The van der Waals surface area contributed by atoms with Crippen LogP contribution >= 0.6 is 15.9 Å². The van der Waals surface area contributed by atoms with Crippen LogP contribution in [-0.4, -0.2) is 61.4 Å². The summed E-state index contributed by atoms with van der Waals surface area (Å²) < 4.78 is 25.0. The lowest BCUT2D eigenvalue weighted by molar-refractivity contribution is -0.151. The number of halogens is 1. The van der Waals surface area contributed by atoms with E-state index < -0.39 is 62.7 Å². The highest BCUT2D eigenvalue weighted by Gasteiger charge is 2.50. The first-order valence-corrected chi connectivity index (χ1v) is 17.8. The average molecular weight is 538 g/mol. The van der Waals surface area contributed by atoms with Gasteiger partial charge < -0.3 is 18.3 Å². The van der Waals surface area contributed by atoms with Crippen molar-refractivity contribution in [3.8, 4) is 0 Å². The zero-order valence-corrected chi connectivity index (χ0v) is 22.9. The van der Waals surface area contributed by atoms with Crippen LogP contribution in [0, 0.1) is 0 Å². The third kappa shape index (κ3) is 7.50. The summed E-state index contributed by atoms with van der Waals surface area (Å²) in [7, 11) is -4.16. The summed E-state index contributed by atoms with van der Waals surface area (Å²) in [6, 6.07) is 1.26. The van der Waals surface area contributed by atoms with Crippen LogP contribution in [0.4, 0.5) is 0 Å². The van der Waals surface area contributed by atoms with Gasteiger partial charge in [-0.15, -0.1) is 0 Å². The van der Waals surface area contributed by atoms with Crippen molar-refractivity contribution in [2.24, 2.45) is 0 Å². The molecule has 1 fully saturated rings. The monoisotopic (exact) mass is 536 g/mol. The van der Waals surface area contributed by atoms with Gasteiger partial charge in [-0.25, -0.2) is 4.79 Å². The Morgan fingerprint density at radius 2 is 1.68 bits per heavy atom. The fourth-order valence-corrected chi connectivity index (χ4v) is 5.39. The van der Waals surface area contributed by atoms with Crippen molar-refractivity contribution in [1.29, 1.82) is 0 Å². The fraction of sp³-hybridized carbons (Fsp3) is 0.737. The quantitative estimate of drug-likeness (QED) is 0.309. The Kier molecular flexibility index (Phi) is 7.97. The van der Waals surface area contributed by atoms with E-state index in [2.05, 4.69) is 20.9 Å². The molecule has 0 amide bonds. The Balaban J connectivity index is 2.44. The van der Waals surface area contributed by atoms with Crippen LogP contribution in [0.15, 0.2) is 21.9 Å². The molecule has 0 saturated carbocycles. The van der Waals surface area contributed by atoms with Crippen molar-refractivity contribution < 1.29 is 23.1 Å². The van der Waals surface area contributed by atoms with E-state index >= 15 is 0 Å². The molecule has 1 saturated heterocycles. The second kappa shape index (κ2) is 9.43. The summed E-state index contributed by atoms with van der Waals surface area (Å²) in [5.74, 6) is -0.435. The Bertz CT molecular complexity index is 898. The zero-order valence-electron chi connectivity index (χ0n) is 19.4. The Labute approximate surface area is 192 Å². The summed E-state index contributed by atoms with van der Waals surface area (Å²) in [6.07, 6.45) is -1.25. The third-order valence-corrected chi connectivity index (χ3v) is 6.54. The molecular weight excluding hydrogens is 504 g/mol. The number of ether oxygens (including phenoxy) is 2. The van der Waals surface area contributed by atoms with E-state index in [9.17, 15) is 14.4 Å². The number of nitrogens with one attached hydrogen (secondary N) is 1. The van der Waals surface area contributed by atoms with E-state index in [1.165, 1.54) is 16.8 Å². The van der Waals surface area contributed by atoms with Crippen LogP contribution < -0.4 is 11.2 Å². The van der Waals surface area contributed by atoms with E-state index in [4.69, 9.17) is 18.3 Å². The largest absolute Gasteiger partial charge is 0.462 e. The maximum Gasteiger partial charge on any atom is 0.330 e. The van der Waals surface area contributed by atoms with E-state index in [0.29, 0.717) is 0 Å². The molecule has 0 bridgehead atoms. The van der Waals surface area contributed by atoms with Crippen LogP contribution in [-0.2, 0) is 23.1 Å². The Hall–Kier alpha value is -1.06. The lowest BCUT2D eigenvalue weighted by Gasteiger charge is -2.34. The van der Waals surface area contributed by atoms with Gasteiger partial charge in [0.1, 0.15) is 29.2 Å². The predicted molar refractivity (Wildman–Crippen MR) is 126 cm³/mol. The minimum absolute atomic E-state index is 0.0524. The van der Waals surface area contributed by atoms with Crippen LogP contribution in [0.25, 0.3) is 0 Å². The van der Waals surface area contributed by atoms with Crippen molar-refractivity contribution in [2.75, 3.05) is 6.61 Å². The number of nitrogens with zero attached hydrogens (tertiary/aromatic N) is 1. The molecule has 2 heterocycles. The van der Waals surface area contributed by atoms with Gasteiger partial charge in [0.05, 0.1) is 0 Å². The number of esters is 1. The van der Waals surface area contributed by atoms with Crippen molar-refractivity contribution in [3.05, 3.63) is 33.1 Å². The lowest BCUT2D eigenvalue weighted by atomic mass is 10.1. The highest BCUT2D eigenvalue weighted by molar-refractivity contribution is 9.10. The summed E-state index contributed by atoms with van der Waals surface area (Å²) in [6.45, 7) is 15.6. The molecule has 0 radical (unpaired) electrons. The molecule has 4 atom stereocenters. The molecule has 1 aliphatic heterocycles. The summed E-state index contributed by atoms with van der Waals surface area (Å²) >= 11 is 3.30. The number of aromatic nitrogens is 2. The molecule has 9 nitrogen and oxygen atoms in total. The molecule has 1 aliphatic rings. The van der Waals surface area contributed by atoms with E-state index in [-0.39, 0.29) is 6.61 Å². The van der Waals surface area contributed by atoms with Crippen molar-refractivity contribution >= 4 is 38.5 Å². The molecule has 1 N–H and O–H groups in total. The van der Waals surface area contributed by atoms with Gasteiger partial charge >= 0.3 is 11.7 Å². The highest BCUT2D eigenvalue weighted by Crippen LogP contribution is 2.36. The van der Waals surface area contributed by atoms with Crippen LogP contribution in [0.3, 0.4) is 0 Å². The van der Waals surface area contributed by atoms with Gasteiger partial charge in [0.15, 0.2) is 22.9 Å². The molecule has 2 rings (SSSR count). The molecule has 31 heavy (non-hydrogen) atoms. The van der Waals surface area contributed by atoms with Gasteiger partial charge in [0.25, 0.3) is 5.56 Å². The molecule has 1 aromatic rings. The van der Waals surface area contributed by atoms with Crippen LogP contribution in [0.5, 0.6) is 0 Å². The number of rotatable bonds is 8. The van der Waals surface area contributed by atoms with Gasteiger partial charge in [0, 0.05) is 12.3 Å². The number of hydrogen-bond acceptors (Lipinski definition) is 7. The second-order valence-corrected chi connectivity index (χ2v) is 20.9. The van der Waals surface area contributed by atoms with Crippen molar-refractivity contribution in [2.45, 2.75) is 82.0 Å². The molecule has 0 spiro atoms. The topological polar surface area (TPSA) is 109 Å². The normalized spacial score (nSPS) is 24.9. The maximum atomic E-state index is 12.5. The molecular formula is C19H33BrN2O7Si2. The number of carbonyl (C=O) groups excluding carboxylic acids is 1. The molecule has 0 unspecified atom stereocenters. The minimum Gasteiger partial charge on any atom is -0.462 e. The van der Waals surface area contributed by atoms with Crippen molar-refractivity contribution in [3.63, 3.8) is 0 Å². The Morgan fingerprint density at radius 1 is 1.13 bits per heavy atom. The Morgan fingerprint density at radius 3 is 2.16 bits per heavy atom. The van der Waals surface area contributed by atoms with Gasteiger partial charge in [-0.05, 0) is 53.1 Å². The zero-order chi connectivity index (χ0) is 23.8. The van der Waals surface area contributed by atoms with E-state index in [1.54, 1.807) is 13.8 Å². The van der Waals surface area contributed by atoms with Gasteiger partial charge in [0.2, 0.25) is 0 Å². The molecule has 0 aliphatic carbocycles. The first-order valence-electron chi connectivity index (χ1n) is 10.2. The lowest BCUT2D eigenvalue weighted by Crippen LogP contribution is -2.49. The summed E-state index contributed by atoms with van der Waals surface area (Å²) in [4.78, 5) is 38.6. The minimum atomic E-state index is -2.09. The number of hydrogen-bond donors (Lipinski definition) is 1. The number of aromatic amines is 1. The first kappa shape index (κ1) is 26.2. The SMILES string of the molecule is CC(C)(Br)C(=O)OC[C@H]1O[C@@H](n2ccc(=O)[nH]c2=O)[C@H](O[Si](C)(C)C)[C@@H]1O[Si](C)(C)C. The standard InChI is InChI=1S/C19H33BrN2O7Si2/c1-19(2,20)17(24)26-11-12-14(28-30(3,4)5)15(29-31(6,7)8)16(27-12)22-10-9-13(23)21-18(22)25/h9-10,12,14-16H,11H2,1-8H3,(H,21,23,25)/t12-,14-,15-,16-/m1/s1. The molecule has 0 aromatic carbocycles. The third-order valence-electron chi connectivity index (χ3n) is 4.25. The number of carbonyl (C=O) groups is 1. The van der Waals surface area contributed by atoms with Crippen molar-refractivity contribution in [1.82, 2.24) is 9.55 Å². The van der Waals surface area contributed by atoms with E-state index in [1.807, 2.05) is 39.3 Å². The molecule has 1 aromatic heterocycles.